The minimum absolute atomic E-state index is 0.00532. The van der Waals surface area contributed by atoms with Gasteiger partial charge in [-0.25, -0.2) is 0 Å². The van der Waals surface area contributed by atoms with Crippen molar-refractivity contribution in [1.82, 2.24) is 4.90 Å². The van der Waals surface area contributed by atoms with E-state index in [0.717, 1.165) is 18.3 Å². The van der Waals surface area contributed by atoms with E-state index in [0.29, 0.717) is 30.0 Å². The van der Waals surface area contributed by atoms with Gasteiger partial charge in [0.25, 0.3) is 0 Å². The zero-order valence-electron chi connectivity index (χ0n) is 13.1. The molecular weight excluding hydrogens is 362 g/mol. The smallest absolute Gasteiger partial charge is 0.417 e. The molecule has 3 aliphatic rings. The molecule has 0 aromatic heterocycles. The van der Waals surface area contributed by atoms with Crippen LogP contribution in [0.1, 0.15) is 23.1 Å². The summed E-state index contributed by atoms with van der Waals surface area (Å²) in [6, 6.07) is 3.35. The van der Waals surface area contributed by atoms with E-state index in [1.54, 1.807) is 0 Å². The number of halogens is 6. The first-order valence-corrected chi connectivity index (χ1v) is 7.77. The van der Waals surface area contributed by atoms with Crippen LogP contribution in [0.3, 0.4) is 0 Å². The Morgan fingerprint density at radius 3 is 2.46 bits per heavy atom. The van der Waals surface area contributed by atoms with Gasteiger partial charge in [0.1, 0.15) is 5.54 Å². The molecular formula is C17H12F6N2O. The molecule has 2 aliphatic heterocycles. The van der Waals surface area contributed by atoms with Crippen molar-refractivity contribution in [3.8, 4) is 0 Å². The minimum Gasteiger partial charge on any atom is -0.504 e. The highest BCUT2D eigenvalue weighted by Gasteiger charge is 2.48. The van der Waals surface area contributed by atoms with Gasteiger partial charge < -0.3 is 10.0 Å². The second-order valence-electron chi connectivity index (χ2n) is 6.58. The van der Waals surface area contributed by atoms with Crippen LogP contribution >= 0.6 is 0 Å². The maximum atomic E-state index is 12.9. The maximum Gasteiger partial charge on any atom is 0.417 e. The van der Waals surface area contributed by atoms with E-state index < -0.39 is 34.8 Å². The summed E-state index contributed by atoms with van der Waals surface area (Å²) >= 11 is 0. The third-order valence-electron chi connectivity index (χ3n) is 4.91. The summed E-state index contributed by atoms with van der Waals surface area (Å²) in [5, 5.41) is 9.95. The molecule has 1 N–H and O–H groups in total. The highest BCUT2D eigenvalue weighted by molar-refractivity contribution is 6.00. The van der Waals surface area contributed by atoms with Crippen molar-refractivity contribution in [3.63, 3.8) is 0 Å². The third kappa shape index (κ3) is 2.48. The summed E-state index contributed by atoms with van der Waals surface area (Å²) in [6.45, 7) is 0.0399. The number of aryl methyl sites for hydroxylation is 1. The standard InChI is InChI=1S/C17H12F6N2O/c18-16(19,20)10-1-2-12-9(5-10)3-4-15(12)8-25-7-11(17(21,22)23)6-13(26)14(25)24-15/h1-2,5-7,26H,3-4,8H2/t15-/m1/s1. The van der Waals surface area contributed by atoms with Gasteiger partial charge >= 0.3 is 12.4 Å². The van der Waals surface area contributed by atoms with Crippen molar-refractivity contribution in [1.29, 1.82) is 0 Å². The molecule has 1 aromatic rings. The fraction of sp³-hybridized carbons (Fsp3) is 0.353. The number of aliphatic imine (C=N–C) groups is 1. The van der Waals surface area contributed by atoms with Gasteiger partial charge in [-0.05, 0) is 42.2 Å². The van der Waals surface area contributed by atoms with Crippen LogP contribution < -0.4 is 0 Å². The van der Waals surface area contributed by atoms with Crippen molar-refractivity contribution in [2.75, 3.05) is 6.54 Å². The van der Waals surface area contributed by atoms with E-state index in [4.69, 9.17) is 0 Å². The lowest BCUT2D eigenvalue weighted by atomic mass is 9.92. The molecule has 9 heteroatoms. The first-order valence-electron chi connectivity index (χ1n) is 7.77. The Labute approximate surface area is 143 Å². The topological polar surface area (TPSA) is 35.8 Å². The van der Waals surface area contributed by atoms with Crippen molar-refractivity contribution >= 4 is 5.84 Å². The molecule has 3 nitrogen and oxygen atoms in total. The predicted octanol–water partition coefficient (Wildman–Crippen LogP) is 4.46. The number of allylic oxidation sites excluding steroid dienone is 2. The van der Waals surface area contributed by atoms with Crippen LogP contribution in [0.4, 0.5) is 26.3 Å². The quantitative estimate of drug-likeness (QED) is 0.681. The van der Waals surface area contributed by atoms with Gasteiger partial charge in [-0.15, -0.1) is 0 Å². The first-order chi connectivity index (χ1) is 12.0. The number of nitrogens with zero attached hydrogens (tertiary/aromatic N) is 2. The van der Waals surface area contributed by atoms with Gasteiger partial charge in [-0.2, -0.15) is 26.3 Å². The number of hydrogen-bond acceptors (Lipinski definition) is 3. The summed E-state index contributed by atoms with van der Waals surface area (Å²) in [5.41, 5.74) is -1.68. The maximum absolute atomic E-state index is 12.9. The Hall–Kier alpha value is -2.45. The zero-order chi connectivity index (χ0) is 18.9. The van der Waals surface area contributed by atoms with Gasteiger partial charge in [0, 0.05) is 6.20 Å². The van der Waals surface area contributed by atoms with E-state index >= 15 is 0 Å². The van der Waals surface area contributed by atoms with Gasteiger partial charge in [-0.1, -0.05) is 6.07 Å². The molecule has 0 radical (unpaired) electrons. The second-order valence-corrected chi connectivity index (χ2v) is 6.58. The monoisotopic (exact) mass is 374 g/mol. The van der Waals surface area contributed by atoms with E-state index in [9.17, 15) is 31.4 Å². The molecule has 0 amide bonds. The molecule has 2 heterocycles. The number of benzene rings is 1. The van der Waals surface area contributed by atoms with Crippen LogP contribution in [0.5, 0.6) is 0 Å². The molecule has 0 unspecified atom stereocenters. The van der Waals surface area contributed by atoms with Crippen LogP contribution in [0, 0.1) is 0 Å². The zero-order valence-corrected chi connectivity index (χ0v) is 13.1. The molecule has 0 saturated carbocycles. The summed E-state index contributed by atoms with van der Waals surface area (Å²) < 4.78 is 77.5. The number of aliphatic hydroxyl groups excluding tert-OH is 1. The summed E-state index contributed by atoms with van der Waals surface area (Å²) in [5.74, 6) is -0.595. The lowest BCUT2D eigenvalue weighted by Gasteiger charge is -2.25. The molecule has 1 spiro atoms. The van der Waals surface area contributed by atoms with Crippen LogP contribution in [-0.2, 0) is 18.1 Å². The molecule has 138 valence electrons. The Kier molecular flexibility index (Phi) is 3.30. The fourth-order valence-electron chi connectivity index (χ4n) is 3.73. The highest BCUT2D eigenvalue weighted by atomic mass is 19.4. The van der Waals surface area contributed by atoms with Gasteiger partial charge in [-0.3, -0.25) is 4.99 Å². The molecule has 1 atom stereocenters. The lowest BCUT2D eigenvalue weighted by molar-refractivity contribution is -0.137. The molecule has 0 bridgehead atoms. The van der Waals surface area contributed by atoms with Crippen molar-refractivity contribution in [2.24, 2.45) is 4.99 Å². The van der Waals surface area contributed by atoms with E-state index in [1.807, 2.05) is 0 Å². The van der Waals surface area contributed by atoms with Crippen LogP contribution in [0.25, 0.3) is 0 Å². The molecule has 4 rings (SSSR count). The normalized spacial score (nSPS) is 25.0. The van der Waals surface area contributed by atoms with E-state index in [2.05, 4.69) is 4.99 Å². The molecule has 1 aliphatic carbocycles. The Morgan fingerprint density at radius 2 is 1.81 bits per heavy atom. The Morgan fingerprint density at radius 1 is 1.08 bits per heavy atom. The predicted molar refractivity (Wildman–Crippen MR) is 80.4 cm³/mol. The fourth-order valence-corrected chi connectivity index (χ4v) is 3.73. The van der Waals surface area contributed by atoms with Gasteiger partial charge in [0.2, 0.25) is 0 Å². The Bertz CT molecular complexity index is 880. The van der Waals surface area contributed by atoms with Crippen LogP contribution in [0.2, 0.25) is 0 Å². The van der Waals surface area contributed by atoms with Crippen molar-refractivity contribution in [3.05, 3.63) is 58.5 Å². The second kappa shape index (κ2) is 5.05. The molecule has 1 aromatic carbocycles. The molecule has 26 heavy (non-hydrogen) atoms. The lowest BCUT2D eigenvalue weighted by Crippen LogP contribution is -2.33. The summed E-state index contributed by atoms with van der Waals surface area (Å²) in [7, 11) is 0. The Balaban J connectivity index is 1.73. The number of aliphatic hydroxyl groups is 1. The average Bonchev–Trinajstić information content (AvgIpc) is 3.07. The molecule has 0 fully saturated rings. The number of rotatable bonds is 0. The van der Waals surface area contributed by atoms with E-state index in [-0.39, 0.29) is 12.4 Å². The SMILES string of the molecule is OC1=CC(C(F)(F)F)=CN2C[C@@]3(CCc4cc(C(F)(F)F)ccc43)N=C12. The van der Waals surface area contributed by atoms with Crippen molar-refractivity contribution < 1.29 is 31.4 Å². The average molecular weight is 374 g/mol. The highest BCUT2D eigenvalue weighted by Crippen LogP contribution is 2.47. The first kappa shape index (κ1) is 17.0. The number of alkyl halides is 6. The van der Waals surface area contributed by atoms with Gasteiger partial charge in [0.15, 0.2) is 11.6 Å². The number of fused-ring (bicyclic) bond motifs is 3. The summed E-state index contributed by atoms with van der Waals surface area (Å²) in [6.07, 6.45) is -6.90. The minimum atomic E-state index is -4.62. The summed E-state index contributed by atoms with van der Waals surface area (Å²) in [4.78, 5) is 5.62. The third-order valence-corrected chi connectivity index (χ3v) is 4.91. The van der Waals surface area contributed by atoms with Crippen LogP contribution in [-0.4, -0.2) is 28.6 Å². The largest absolute Gasteiger partial charge is 0.504 e. The van der Waals surface area contributed by atoms with Crippen molar-refractivity contribution in [2.45, 2.75) is 30.7 Å². The number of amidine groups is 1. The number of hydrogen-bond donors (Lipinski definition) is 1. The van der Waals surface area contributed by atoms with Gasteiger partial charge in [0.05, 0.1) is 17.7 Å². The van der Waals surface area contributed by atoms with E-state index in [1.165, 1.54) is 11.0 Å². The van der Waals surface area contributed by atoms with Crippen LogP contribution in [0.15, 0.2) is 46.8 Å². The molecule has 0 saturated heterocycles.